The summed E-state index contributed by atoms with van der Waals surface area (Å²) in [5.74, 6) is 1.27. The molecular formula is C15H18N2O3S. The molecule has 1 heterocycles. The van der Waals surface area contributed by atoms with Gasteiger partial charge in [0.05, 0.1) is 31.5 Å². The molecule has 112 valence electrons. The van der Waals surface area contributed by atoms with Crippen molar-refractivity contribution in [3.8, 4) is 11.5 Å². The summed E-state index contributed by atoms with van der Waals surface area (Å²) in [5, 5.41) is 2.96. The second kappa shape index (κ2) is 6.58. The first kappa shape index (κ1) is 15.3. The molecule has 5 nitrogen and oxygen atoms in total. The number of carbonyl (C=O) groups excluding carboxylic acids is 1. The molecule has 2 rings (SSSR count). The third kappa shape index (κ3) is 3.33. The smallest absolute Gasteiger partial charge is 0.263 e. The van der Waals surface area contributed by atoms with E-state index in [0.29, 0.717) is 16.4 Å². The zero-order valence-corrected chi connectivity index (χ0v) is 13.3. The number of hydrogen-bond donors (Lipinski definition) is 1. The van der Waals surface area contributed by atoms with Crippen LogP contribution < -0.4 is 14.8 Å². The Morgan fingerprint density at radius 1 is 1.33 bits per heavy atom. The maximum Gasteiger partial charge on any atom is 0.263 e. The molecule has 0 aliphatic carbocycles. The van der Waals surface area contributed by atoms with Gasteiger partial charge < -0.3 is 14.8 Å². The van der Waals surface area contributed by atoms with Crippen molar-refractivity contribution in [2.75, 3.05) is 14.2 Å². The molecule has 0 unspecified atom stereocenters. The van der Waals surface area contributed by atoms with Gasteiger partial charge in [-0.15, -0.1) is 11.3 Å². The normalized spacial score (nSPS) is 11.8. The first-order valence-electron chi connectivity index (χ1n) is 6.49. The lowest BCUT2D eigenvalue weighted by atomic mass is 10.1. The van der Waals surface area contributed by atoms with Crippen molar-refractivity contribution >= 4 is 17.2 Å². The first-order chi connectivity index (χ1) is 10.1. The number of thiazole rings is 1. The summed E-state index contributed by atoms with van der Waals surface area (Å²) in [6.07, 6.45) is 0. The average molecular weight is 306 g/mol. The fraction of sp³-hybridized carbons (Fsp3) is 0.333. The van der Waals surface area contributed by atoms with Crippen molar-refractivity contribution in [3.05, 3.63) is 39.8 Å². The van der Waals surface area contributed by atoms with Gasteiger partial charge in [0.15, 0.2) is 0 Å². The summed E-state index contributed by atoms with van der Waals surface area (Å²) < 4.78 is 10.5. The van der Waals surface area contributed by atoms with E-state index >= 15 is 0 Å². The molecule has 0 spiro atoms. The number of nitrogens with one attached hydrogen (secondary N) is 1. The van der Waals surface area contributed by atoms with Gasteiger partial charge in [-0.05, 0) is 26.0 Å². The molecule has 6 heteroatoms. The lowest BCUT2D eigenvalue weighted by Gasteiger charge is -2.17. The number of carbonyl (C=O) groups is 1. The highest BCUT2D eigenvalue weighted by molar-refractivity contribution is 7.11. The van der Waals surface area contributed by atoms with Crippen molar-refractivity contribution < 1.29 is 14.3 Å². The molecule has 2 aromatic rings. The molecule has 0 bridgehead atoms. The van der Waals surface area contributed by atoms with Crippen molar-refractivity contribution in [1.29, 1.82) is 0 Å². The van der Waals surface area contributed by atoms with Crippen LogP contribution in [0.25, 0.3) is 0 Å². The molecule has 0 saturated heterocycles. The molecule has 21 heavy (non-hydrogen) atoms. The minimum Gasteiger partial charge on any atom is -0.497 e. The Morgan fingerprint density at radius 2 is 2.10 bits per heavy atom. The van der Waals surface area contributed by atoms with Crippen LogP contribution in [0.4, 0.5) is 0 Å². The summed E-state index contributed by atoms with van der Waals surface area (Å²) in [7, 11) is 3.20. The Bertz CT molecular complexity index is 640. The summed E-state index contributed by atoms with van der Waals surface area (Å²) in [6, 6.07) is 5.36. The third-order valence-electron chi connectivity index (χ3n) is 3.21. The summed E-state index contributed by atoms with van der Waals surface area (Å²) in [4.78, 5) is 17.0. The molecular weight excluding hydrogens is 288 g/mol. The first-order valence-corrected chi connectivity index (χ1v) is 7.37. The number of benzene rings is 1. The molecule has 1 aromatic heterocycles. The predicted molar refractivity (Wildman–Crippen MR) is 82.3 cm³/mol. The molecule has 1 N–H and O–H groups in total. The molecule has 0 aliphatic rings. The van der Waals surface area contributed by atoms with E-state index in [1.165, 1.54) is 11.3 Å². The number of nitrogens with zero attached hydrogens (tertiary/aromatic N) is 1. The molecule has 0 radical (unpaired) electrons. The SMILES string of the molecule is COc1ccc([C@@H](C)NC(=O)c2scnc2C)c(OC)c1. The number of methoxy groups -OCH3 is 2. The lowest BCUT2D eigenvalue weighted by molar-refractivity contribution is 0.0943. The number of hydrogen-bond acceptors (Lipinski definition) is 5. The highest BCUT2D eigenvalue weighted by Crippen LogP contribution is 2.29. The second-order valence-corrected chi connectivity index (χ2v) is 5.42. The Balaban J connectivity index is 2.18. The van der Waals surface area contributed by atoms with Crippen molar-refractivity contribution in [1.82, 2.24) is 10.3 Å². The summed E-state index contributed by atoms with van der Waals surface area (Å²) >= 11 is 1.34. The number of aromatic nitrogens is 1. The molecule has 0 fully saturated rings. The van der Waals surface area contributed by atoms with Crippen LogP contribution in [0.2, 0.25) is 0 Å². The van der Waals surface area contributed by atoms with Gasteiger partial charge in [-0.25, -0.2) is 4.98 Å². The van der Waals surface area contributed by atoms with Gasteiger partial charge in [-0.3, -0.25) is 4.79 Å². The highest BCUT2D eigenvalue weighted by Gasteiger charge is 2.18. The van der Waals surface area contributed by atoms with E-state index in [2.05, 4.69) is 10.3 Å². The Morgan fingerprint density at radius 3 is 2.67 bits per heavy atom. The standard InChI is InChI=1S/C15H18N2O3S/c1-9(17-15(18)14-10(2)16-8-21-14)12-6-5-11(19-3)7-13(12)20-4/h5-9H,1-4H3,(H,17,18)/t9-/m1/s1. The fourth-order valence-electron chi connectivity index (χ4n) is 2.04. The molecule has 0 saturated carbocycles. The Hall–Kier alpha value is -2.08. The van der Waals surface area contributed by atoms with Gasteiger partial charge in [0.2, 0.25) is 0 Å². The van der Waals surface area contributed by atoms with Crippen LogP contribution in [0.15, 0.2) is 23.7 Å². The maximum absolute atomic E-state index is 12.2. The molecule has 1 amide bonds. The zero-order chi connectivity index (χ0) is 15.4. The van der Waals surface area contributed by atoms with E-state index in [4.69, 9.17) is 9.47 Å². The quantitative estimate of drug-likeness (QED) is 0.922. The minimum absolute atomic E-state index is 0.125. The van der Waals surface area contributed by atoms with Crippen LogP contribution in [-0.2, 0) is 0 Å². The number of rotatable bonds is 5. The van der Waals surface area contributed by atoms with Crippen LogP contribution in [0.5, 0.6) is 11.5 Å². The van der Waals surface area contributed by atoms with E-state index < -0.39 is 0 Å². The summed E-state index contributed by atoms with van der Waals surface area (Å²) in [5.41, 5.74) is 3.31. The van der Waals surface area contributed by atoms with Crippen LogP contribution >= 0.6 is 11.3 Å². The van der Waals surface area contributed by atoms with Crippen LogP contribution in [0.1, 0.15) is 33.9 Å². The molecule has 0 aliphatic heterocycles. The van der Waals surface area contributed by atoms with E-state index in [-0.39, 0.29) is 11.9 Å². The highest BCUT2D eigenvalue weighted by atomic mass is 32.1. The van der Waals surface area contributed by atoms with Gasteiger partial charge in [-0.2, -0.15) is 0 Å². The van der Waals surface area contributed by atoms with Gasteiger partial charge in [0.25, 0.3) is 5.91 Å². The molecule has 1 aromatic carbocycles. The largest absolute Gasteiger partial charge is 0.497 e. The van der Waals surface area contributed by atoms with Crippen LogP contribution in [-0.4, -0.2) is 25.1 Å². The average Bonchev–Trinajstić information content (AvgIpc) is 2.92. The van der Waals surface area contributed by atoms with E-state index in [9.17, 15) is 4.79 Å². The van der Waals surface area contributed by atoms with Gasteiger partial charge >= 0.3 is 0 Å². The Kier molecular flexibility index (Phi) is 4.80. The Labute approximate surface area is 127 Å². The monoisotopic (exact) mass is 306 g/mol. The summed E-state index contributed by atoms with van der Waals surface area (Å²) in [6.45, 7) is 3.74. The second-order valence-electron chi connectivity index (χ2n) is 4.57. The minimum atomic E-state index is -0.181. The molecule has 1 atom stereocenters. The van der Waals surface area contributed by atoms with E-state index in [1.54, 1.807) is 25.8 Å². The van der Waals surface area contributed by atoms with Crippen LogP contribution in [0, 0.1) is 6.92 Å². The van der Waals surface area contributed by atoms with E-state index in [1.807, 2.05) is 26.0 Å². The third-order valence-corrected chi connectivity index (χ3v) is 4.13. The van der Waals surface area contributed by atoms with E-state index in [0.717, 1.165) is 11.3 Å². The zero-order valence-electron chi connectivity index (χ0n) is 12.5. The van der Waals surface area contributed by atoms with Gasteiger partial charge in [-0.1, -0.05) is 0 Å². The van der Waals surface area contributed by atoms with Crippen molar-refractivity contribution in [2.45, 2.75) is 19.9 Å². The van der Waals surface area contributed by atoms with Crippen molar-refractivity contribution in [2.24, 2.45) is 0 Å². The fourth-order valence-corrected chi connectivity index (χ4v) is 2.74. The van der Waals surface area contributed by atoms with Crippen molar-refractivity contribution in [3.63, 3.8) is 0 Å². The number of aryl methyl sites for hydroxylation is 1. The number of amides is 1. The van der Waals surface area contributed by atoms with Crippen LogP contribution in [0.3, 0.4) is 0 Å². The predicted octanol–water partition coefficient (Wildman–Crippen LogP) is 2.96. The lowest BCUT2D eigenvalue weighted by Crippen LogP contribution is -2.26. The maximum atomic E-state index is 12.2. The number of ether oxygens (including phenoxy) is 2. The topological polar surface area (TPSA) is 60.5 Å². The van der Waals surface area contributed by atoms with Gasteiger partial charge in [0.1, 0.15) is 16.4 Å². The van der Waals surface area contributed by atoms with Gasteiger partial charge in [0, 0.05) is 11.6 Å².